The van der Waals surface area contributed by atoms with Crippen LogP contribution in [0.1, 0.15) is 39.0 Å². The highest BCUT2D eigenvalue weighted by atomic mass is 16.2. The molecule has 4 nitrogen and oxygen atoms in total. The van der Waals surface area contributed by atoms with Gasteiger partial charge in [-0.2, -0.15) is 0 Å². The van der Waals surface area contributed by atoms with Crippen LogP contribution in [0, 0.1) is 0 Å². The molecule has 94 valence electrons. The van der Waals surface area contributed by atoms with Crippen molar-refractivity contribution < 1.29 is 9.59 Å². The number of hydrogen-bond acceptors (Lipinski definition) is 2. The van der Waals surface area contributed by atoms with E-state index in [-0.39, 0.29) is 18.4 Å². The van der Waals surface area contributed by atoms with Crippen molar-refractivity contribution in [2.75, 3.05) is 13.1 Å². The van der Waals surface area contributed by atoms with Crippen LogP contribution in [0.25, 0.3) is 0 Å². The quantitative estimate of drug-likeness (QED) is 0.733. The Balaban J connectivity index is 2.18. The molecule has 0 radical (unpaired) electrons. The number of nitrogens with one attached hydrogen (secondary N) is 1. The summed E-state index contributed by atoms with van der Waals surface area (Å²) in [5, 5.41) is 2.92. The van der Waals surface area contributed by atoms with E-state index < -0.39 is 5.54 Å². The summed E-state index contributed by atoms with van der Waals surface area (Å²) in [6, 6.07) is 0. The van der Waals surface area contributed by atoms with Gasteiger partial charge in [0.2, 0.25) is 11.8 Å². The predicted molar refractivity (Wildman–Crippen MR) is 65.4 cm³/mol. The second-order valence-corrected chi connectivity index (χ2v) is 5.31. The third kappa shape index (κ3) is 2.35. The molecule has 2 amide bonds. The van der Waals surface area contributed by atoms with Gasteiger partial charge in [0.15, 0.2) is 0 Å². The van der Waals surface area contributed by atoms with Crippen LogP contribution >= 0.6 is 0 Å². The van der Waals surface area contributed by atoms with Gasteiger partial charge in [-0.1, -0.05) is 31.4 Å². The van der Waals surface area contributed by atoms with Gasteiger partial charge in [-0.3, -0.25) is 9.59 Å². The largest absolute Gasteiger partial charge is 0.340 e. The number of rotatable bonds is 2. The molecule has 0 atom stereocenters. The maximum absolute atomic E-state index is 12.5. The molecule has 2 rings (SSSR count). The van der Waals surface area contributed by atoms with Gasteiger partial charge >= 0.3 is 0 Å². The van der Waals surface area contributed by atoms with E-state index in [1.807, 2.05) is 6.92 Å². The minimum Gasteiger partial charge on any atom is -0.340 e. The summed E-state index contributed by atoms with van der Waals surface area (Å²) in [6.07, 6.45) is 4.76. The molecule has 0 aromatic rings. The van der Waals surface area contributed by atoms with Crippen LogP contribution in [0.4, 0.5) is 0 Å². The molecule has 1 aliphatic carbocycles. The van der Waals surface area contributed by atoms with Gasteiger partial charge in [0.25, 0.3) is 0 Å². The molecule has 0 aromatic heterocycles. The Kier molecular flexibility index (Phi) is 3.22. The third-order valence-corrected chi connectivity index (χ3v) is 3.58. The Morgan fingerprint density at radius 1 is 1.35 bits per heavy atom. The first-order chi connectivity index (χ1) is 8.03. The van der Waals surface area contributed by atoms with Gasteiger partial charge in [-0.05, 0) is 19.8 Å². The zero-order valence-electron chi connectivity index (χ0n) is 10.4. The molecule has 1 saturated heterocycles. The first-order valence-corrected chi connectivity index (χ1v) is 6.28. The van der Waals surface area contributed by atoms with Crippen molar-refractivity contribution in [2.45, 2.75) is 44.6 Å². The van der Waals surface area contributed by atoms with E-state index in [0.29, 0.717) is 6.54 Å². The second-order valence-electron chi connectivity index (χ2n) is 5.31. The molecule has 1 saturated carbocycles. The molecule has 1 heterocycles. The number of amides is 2. The fraction of sp³-hybridized carbons (Fsp3) is 0.692. The summed E-state index contributed by atoms with van der Waals surface area (Å²) >= 11 is 0. The molecule has 4 heteroatoms. The highest BCUT2D eigenvalue weighted by Gasteiger charge is 2.46. The Labute approximate surface area is 102 Å². The monoisotopic (exact) mass is 236 g/mol. The van der Waals surface area contributed by atoms with E-state index in [1.54, 1.807) is 4.90 Å². The first-order valence-electron chi connectivity index (χ1n) is 6.28. The third-order valence-electron chi connectivity index (χ3n) is 3.58. The van der Waals surface area contributed by atoms with E-state index in [9.17, 15) is 9.59 Å². The summed E-state index contributed by atoms with van der Waals surface area (Å²) in [4.78, 5) is 25.8. The normalized spacial score (nSPS) is 23.7. The van der Waals surface area contributed by atoms with Gasteiger partial charge in [-0.25, -0.2) is 0 Å². The Morgan fingerprint density at radius 3 is 2.59 bits per heavy atom. The number of carbonyl (C=O) groups excluding carboxylic acids is 2. The van der Waals surface area contributed by atoms with Gasteiger partial charge in [0, 0.05) is 6.54 Å². The average molecular weight is 236 g/mol. The smallest absolute Gasteiger partial charge is 0.249 e. The van der Waals surface area contributed by atoms with Crippen LogP contribution in [0.3, 0.4) is 0 Å². The molecule has 1 aliphatic heterocycles. The van der Waals surface area contributed by atoms with E-state index >= 15 is 0 Å². The molecule has 2 fully saturated rings. The average Bonchev–Trinajstić information content (AvgIpc) is 2.26. The van der Waals surface area contributed by atoms with Crippen LogP contribution in [0.2, 0.25) is 0 Å². The van der Waals surface area contributed by atoms with Crippen molar-refractivity contribution in [2.24, 2.45) is 0 Å². The molecule has 1 spiro atoms. The van der Waals surface area contributed by atoms with Crippen molar-refractivity contribution in [3.63, 3.8) is 0 Å². The Morgan fingerprint density at radius 2 is 2.00 bits per heavy atom. The SMILES string of the molecule is C=C(C)CN1CC(=O)NC2(CCCCC2)C1=O. The Hall–Kier alpha value is -1.32. The number of hydrogen-bond donors (Lipinski definition) is 1. The number of piperazine rings is 1. The fourth-order valence-electron chi connectivity index (χ4n) is 2.86. The molecule has 0 aromatic carbocycles. The van der Waals surface area contributed by atoms with Crippen LogP contribution in [-0.4, -0.2) is 35.3 Å². The minimum atomic E-state index is -0.608. The fourth-order valence-corrected chi connectivity index (χ4v) is 2.86. The lowest BCUT2D eigenvalue weighted by Crippen LogP contribution is -2.67. The molecule has 2 aliphatic rings. The summed E-state index contributed by atoms with van der Waals surface area (Å²) < 4.78 is 0. The second kappa shape index (κ2) is 4.51. The van der Waals surface area contributed by atoms with Gasteiger partial charge < -0.3 is 10.2 Å². The van der Waals surface area contributed by atoms with Crippen LogP contribution in [0.5, 0.6) is 0 Å². The van der Waals surface area contributed by atoms with Gasteiger partial charge in [-0.15, -0.1) is 0 Å². The van der Waals surface area contributed by atoms with Crippen LogP contribution in [0.15, 0.2) is 12.2 Å². The first kappa shape index (κ1) is 12.1. The molecule has 0 unspecified atom stereocenters. The lowest BCUT2D eigenvalue weighted by Gasteiger charge is -2.44. The summed E-state index contributed by atoms with van der Waals surface area (Å²) in [6.45, 7) is 6.37. The zero-order chi connectivity index (χ0) is 12.5. The lowest BCUT2D eigenvalue weighted by molar-refractivity contribution is -0.151. The molecule has 1 N–H and O–H groups in total. The van der Waals surface area contributed by atoms with Crippen molar-refractivity contribution in [3.8, 4) is 0 Å². The Bertz CT molecular complexity index is 354. The predicted octanol–water partition coefficient (Wildman–Crippen LogP) is 1.22. The lowest BCUT2D eigenvalue weighted by atomic mass is 9.79. The molecule has 17 heavy (non-hydrogen) atoms. The standard InChI is InChI=1S/C13H20N2O2/c1-10(2)8-15-9-11(16)14-13(12(15)17)6-4-3-5-7-13/h1,3-9H2,2H3,(H,14,16). The van der Waals surface area contributed by atoms with E-state index in [4.69, 9.17) is 0 Å². The summed E-state index contributed by atoms with van der Waals surface area (Å²) in [7, 11) is 0. The molecular weight excluding hydrogens is 216 g/mol. The number of carbonyl (C=O) groups is 2. The van der Waals surface area contributed by atoms with Crippen molar-refractivity contribution >= 4 is 11.8 Å². The molecular formula is C13H20N2O2. The highest BCUT2D eigenvalue weighted by molar-refractivity contribution is 5.98. The topological polar surface area (TPSA) is 49.4 Å². The maximum Gasteiger partial charge on any atom is 0.249 e. The highest BCUT2D eigenvalue weighted by Crippen LogP contribution is 2.31. The van der Waals surface area contributed by atoms with E-state index in [1.165, 1.54) is 0 Å². The van der Waals surface area contributed by atoms with Crippen molar-refractivity contribution in [1.29, 1.82) is 0 Å². The molecule has 0 bridgehead atoms. The van der Waals surface area contributed by atoms with Crippen molar-refractivity contribution in [1.82, 2.24) is 10.2 Å². The summed E-state index contributed by atoms with van der Waals surface area (Å²) in [5.74, 6) is 0.0487. The van der Waals surface area contributed by atoms with Gasteiger partial charge in [0.1, 0.15) is 5.54 Å². The van der Waals surface area contributed by atoms with Gasteiger partial charge in [0.05, 0.1) is 6.54 Å². The number of nitrogens with zero attached hydrogens (tertiary/aromatic N) is 1. The van der Waals surface area contributed by atoms with Crippen LogP contribution in [-0.2, 0) is 9.59 Å². The van der Waals surface area contributed by atoms with E-state index in [2.05, 4.69) is 11.9 Å². The maximum atomic E-state index is 12.5. The van der Waals surface area contributed by atoms with Crippen molar-refractivity contribution in [3.05, 3.63) is 12.2 Å². The minimum absolute atomic E-state index is 0.0345. The zero-order valence-corrected chi connectivity index (χ0v) is 10.4. The summed E-state index contributed by atoms with van der Waals surface area (Å²) in [5.41, 5.74) is 0.308. The van der Waals surface area contributed by atoms with Crippen LogP contribution < -0.4 is 5.32 Å². The van der Waals surface area contributed by atoms with E-state index in [0.717, 1.165) is 37.7 Å².